The third-order valence-corrected chi connectivity index (χ3v) is 4.03. The summed E-state index contributed by atoms with van der Waals surface area (Å²) in [6.07, 6.45) is 4.42. The van der Waals surface area contributed by atoms with Gasteiger partial charge in [0.15, 0.2) is 0 Å². The minimum atomic E-state index is -0.226. The molecule has 2 amide bonds. The number of urea groups is 1. The molecule has 1 heterocycles. The highest BCUT2D eigenvalue weighted by atomic mass is 35.5. The Kier molecular flexibility index (Phi) is 6.22. The molecule has 1 aromatic heterocycles. The number of rotatable bonds is 6. The van der Waals surface area contributed by atoms with Crippen LogP contribution in [0.2, 0.25) is 5.02 Å². The second-order valence-electron chi connectivity index (χ2n) is 5.77. The van der Waals surface area contributed by atoms with Crippen LogP contribution in [0.4, 0.5) is 10.5 Å². The molecule has 7 heteroatoms. The summed E-state index contributed by atoms with van der Waals surface area (Å²) < 4.78 is 5.25. The van der Waals surface area contributed by atoms with Gasteiger partial charge in [0.2, 0.25) is 5.82 Å². The molecule has 27 heavy (non-hydrogen) atoms. The van der Waals surface area contributed by atoms with Crippen molar-refractivity contribution in [2.24, 2.45) is 0 Å². The Balaban J connectivity index is 1.66. The first kappa shape index (κ1) is 18.7. The van der Waals surface area contributed by atoms with E-state index >= 15 is 0 Å². The zero-order valence-corrected chi connectivity index (χ0v) is 15.5. The third-order valence-electron chi connectivity index (χ3n) is 3.69. The average Bonchev–Trinajstić information content (AvgIpc) is 3.15. The minimum absolute atomic E-state index is 0.226. The van der Waals surface area contributed by atoms with Crippen LogP contribution in [0.5, 0.6) is 0 Å². The number of nitrogens with one attached hydrogen (secondary N) is 2. The Labute approximate surface area is 162 Å². The molecule has 3 rings (SSSR count). The average molecular weight is 383 g/mol. The van der Waals surface area contributed by atoms with E-state index in [0.29, 0.717) is 29.0 Å². The van der Waals surface area contributed by atoms with E-state index in [-0.39, 0.29) is 6.03 Å². The van der Waals surface area contributed by atoms with Gasteiger partial charge in [0.1, 0.15) is 0 Å². The summed E-state index contributed by atoms with van der Waals surface area (Å²) in [5, 5.41) is 10.2. The molecule has 0 fully saturated rings. The molecular weight excluding hydrogens is 364 g/mol. The van der Waals surface area contributed by atoms with Gasteiger partial charge in [-0.3, -0.25) is 0 Å². The smallest absolute Gasteiger partial charge is 0.319 e. The summed E-state index contributed by atoms with van der Waals surface area (Å²) in [6, 6.07) is 14.5. The summed E-state index contributed by atoms with van der Waals surface area (Å²) in [5.74, 6) is 0.849. The first-order chi connectivity index (χ1) is 13.2. The van der Waals surface area contributed by atoms with Crippen molar-refractivity contribution in [3.05, 3.63) is 65.0 Å². The van der Waals surface area contributed by atoms with E-state index in [0.717, 1.165) is 17.5 Å². The van der Waals surface area contributed by atoms with Crippen molar-refractivity contribution in [3.8, 4) is 11.4 Å². The highest BCUT2D eigenvalue weighted by Crippen LogP contribution is 2.21. The lowest BCUT2D eigenvalue weighted by Gasteiger charge is -2.06. The first-order valence-electron chi connectivity index (χ1n) is 8.57. The van der Waals surface area contributed by atoms with Crippen LogP contribution >= 0.6 is 11.6 Å². The van der Waals surface area contributed by atoms with Crippen LogP contribution in [-0.2, 0) is 0 Å². The van der Waals surface area contributed by atoms with E-state index in [1.54, 1.807) is 18.2 Å². The molecule has 0 spiro atoms. The van der Waals surface area contributed by atoms with E-state index in [4.69, 9.17) is 16.1 Å². The fourth-order valence-corrected chi connectivity index (χ4v) is 2.51. The van der Waals surface area contributed by atoms with Gasteiger partial charge >= 0.3 is 6.03 Å². The van der Waals surface area contributed by atoms with E-state index in [9.17, 15) is 4.79 Å². The number of nitrogens with zero attached hydrogens (tertiary/aromatic N) is 2. The van der Waals surface area contributed by atoms with E-state index < -0.39 is 0 Å². The van der Waals surface area contributed by atoms with Crippen molar-refractivity contribution in [1.29, 1.82) is 0 Å². The molecule has 0 aliphatic rings. The monoisotopic (exact) mass is 382 g/mol. The maximum Gasteiger partial charge on any atom is 0.319 e. The molecule has 2 N–H and O–H groups in total. The molecule has 0 unspecified atom stereocenters. The van der Waals surface area contributed by atoms with Crippen LogP contribution in [-0.4, -0.2) is 22.7 Å². The Hall–Kier alpha value is -3.12. The van der Waals surface area contributed by atoms with Crippen LogP contribution in [0.3, 0.4) is 0 Å². The van der Waals surface area contributed by atoms with Gasteiger partial charge in [-0.05, 0) is 48.4 Å². The third kappa shape index (κ3) is 5.18. The minimum Gasteiger partial charge on any atom is -0.338 e. The van der Waals surface area contributed by atoms with Gasteiger partial charge in [-0.2, -0.15) is 4.98 Å². The number of hydrogen-bond acceptors (Lipinski definition) is 4. The molecular formula is C20H19ClN4O2. The molecule has 0 radical (unpaired) electrons. The highest BCUT2D eigenvalue weighted by Gasteiger charge is 2.07. The van der Waals surface area contributed by atoms with Gasteiger partial charge < -0.3 is 15.2 Å². The van der Waals surface area contributed by atoms with Crippen LogP contribution < -0.4 is 10.6 Å². The maximum absolute atomic E-state index is 11.7. The van der Waals surface area contributed by atoms with Gasteiger partial charge in [-0.25, -0.2) is 4.79 Å². The fourth-order valence-electron chi connectivity index (χ4n) is 2.31. The molecule has 3 aromatic rings. The summed E-state index contributed by atoms with van der Waals surface area (Å²) in [5.41, 5.74) is 2.35. The number of aromatic nitrogens is 2. The zero-order valence-electron chi connectivity index (χ0n) is 14.8. The molecule has 0 bridgehead atoms. The van der Waals surface area contributed by atoms with Crippen molar-refractivity contribution < 1.29 is 9.32 Å². The van der Waals surface area contributed by atoms with Crippen molar-refractivity contribution in [3.63, 3.8) is 0 Å². The predicted octanol–water partition coefficient (Wildman–Crippen LogP) is 5.09. The van der Waals surface area contributed by atoms with Gasteiger partial charge in [-0.1, -0.05) is 41.9 Å². The Bertz CT molecular complexity index is 935. The molecule has 6 nitrogen and oxygen atoms in total. The maximum atomic E-state index is 11.7. The van der Waals surface area contributed by atoms with Crippen molar-refractivity contribution in [2.45, 2.75) is 13.3 Å². The van der Waals surface area contributed by atoms with E-state index in [1.165, 1.54) is 0 Å². The number of halogens is 1. The second kappa shape index (κ2) is 9.00. The van der Waals surface area contributed by atoms with Crippen molar-refractivity contribution >= 4 is 35.5 Å². The number of amides is 2. The molecule has 0 aliphatic heterocycles. The fraction of sp³-hybridized carbons (Fsp3) is 0.150. The Morgan fingerprint density at radius 3 is 2.67 bits per heavy atom. The van der Waals surface area contributed by atoms with Crippen molar-refractivity contribution in [1.82, 2.24) is 15.5 Å². The van der Waals surface area contributed by atoms with Crippen molar-refractivity contribution in [2.75, 3.05) is 11.9 Å². The zero-order chi connectivity index (χ0) is 19.1. The number of benzene rings is 2. The normalized spacial score (nSPS) is 10.9. The van der Waals surface area contributed by atoms with Gasteiger partial charge in [0.05, 0.1) is 0 Å². The molecule has 0 atom stereocenters. The predicted molar refractivity (Wildman–Crippen MR) is 107 cm³/mol. The van der Waals surface area contributed by atoms with Crippen LogP contribution in [0.25, 0.3) is 23.5 Å². The summed E-state index contributed by atoms with van der Waals surface area (Å²) in [7, 11) is 0. The van der Waals surface area contributed by atoms with Crippen LogP contribution in [0.1, 0.15) is 24.8 Å². The molecule has 2 aromatic carbocycles. The number of anilines is 1. The molecule has 0 saturated carbocycles. The van der Waals surface area contributed by atoms with Gasteiger partial charge in [-0.15, -0.1) is 0 Å². The molecule has 138 valence electrons. The van der Waals surface area contributed by atoms with Crippen LogP contribution in [0, 0.1) is 0 Å². The number of carbonyl (C=O) groups is 1. The SMILES string of the molecule is CCCNC(=O)Nc1ccc(-c2noc(/C=C/c3ccccc3Cl)n2)cc1. The summed E-state index contributed by atoms with van der Waals surface area (Å²) >= 11 is 6.12. The molecule has 0 saturated heterocycles. The Morgan fingerprint density at radius 1 is 1.15 bits per heavy atom. The number of hydrogen-bond donors (Lipinski definition) is 2. The molecule has 0 aliphatic carbocycles. The first-order valence-corrected chi connectivity index (χ1v) is 8.95. The lowest BCUT2D eigenvalue weighted by Crippen LogP contribution is -2.29. The Morgan fingerprint density at radius 2 is 1.93 bits per heavy atom. The number of carbonyl (C=O) groups excluding carboxylic acids is 1. The van der Waals surface area contributed by atoms with Crippen LogP contribution in [0.15, 0.2) is 53.1 Å². The quantitative estimate of drug-likeness (QED) is 0.622. The highest BCUT2D eigenvalue weighted by molar-refractivity contribution is 6.32. The van der Waals surface area contributed by atoms with Gasteiger partial charge in [0, 0.05) is 28.9 Å². The lowest BCUT2D eigenvalue weighted by atomic mass is 10.2. The van der Waals surface area contributed by atoms with Gasteiger partial charge in [0.25, 0.3) is 5.89 Å². The largest absolute Gasteiger partial charge is 0.338 e. The second-order valence-corrected chi connectivity index (χ2v) is 6.18. The topological polar surface area (TPSA) is 80.0 Å². The summed E-state index contributed by atoms with van der Waals surface area (Å²) in [6.45, 7) is 2.63. The van der Waals surface area contributed by atoms with E-state index in [2.05, 4.69) is 20.8 Å². The standard InChI is InChI=1S/C20H19ClN4O2/c1-2-13-22-20(26)23-16-10-7-15(8-11-16)19-24-18(27-25-19)12-9-14-5-3-4-6-17(14)21/h3-12H,2,13H2,1H3,(H2,22,23,26)/b12-9+. The van der Waals surface area contributed by atoms with E-state index in [1.807, 2.05) is 49.4 Å². The summed E-state index contributed by atoms with van der Waals surface area (Å²) in [4.78, 5) is 16.0. The lowest BCUT2D eigenvalue weighted by molar-refractivity contribution is 0.252.